The first-order chi connectivity index (χ1) is 19.3. The van der Waals surface area contributed by atoms with E-state index in [4.69, 9.17) is 0 Å². The van der Waals surface area contributed by atoms with Gasteiger partial charge in [0, 0.05) is 0 Å². The fourth-order valence-corrected chi connectivity index (χ4v) is 34.2. The van der Waals surface area contributed by atoms with Crippen molar-refractivity contribution in [1.82, 2.24) is 0 Å². The SMILES string of the molecule is CC1=C(C)C(C)(C)[C]([Ti+2]([c]2ccccc2)([c]2ccccc2)([c]2ccccc2)([c]2ccccc2)[c]2ccc[pH]2)=C1C.[Cl-].[Cl-]. The van der Waals surface area contributed by atoms with Crippen molar-refractivity contribution in [3.05, 3.63) is 160 Å². The minimum absolute atomic E-state index is 0. The summed E-state index contributed by atoms with van der Waals surface area (Å²) >= 11 is -5.62. The number of allylic oxidation sites excluding steroid dienone is 4. The maximum Gasteiger partial charge on any atom is -1.00 e. The third kappa shape index (κ3) is 3.43. The molecule has 6 rings (SSSR count). The van der Waals surface area contributed by atoms with Gasteiger partial charge in [-0.15, -0.1) is 0 Å². The van der Waals surface area contributed by atoms with E-state index in [-0.39, 0.29) is 30.2 Å². The largest absolute Gasteiger partial charge is 1.00 e. The van der Waals surface area contributed by atoms with E-state index in [1.807, 2.05) is 0 Å². The van der Waals surface area contributed by atoms with Crippen LogP contribution >= 0.6 is 8.19 Å². The van der Waals surface area contributed by atoms with Crippen LogP contribution in [0.15, 0.2) is 160 Å². The van der Waals surface area contributed by atoms with Gasteiger partial charge in [0.15, 0.2) is 0 Å². The Morgan fingerprint density at radius 3 is 1.10 bits per heavy atom. The molecule has 4 aromatic carbocycles. The average Bonchev–Trinajstić information content (AvgIpc) is 3.62. The minimum atomic E-state index is -5.62. The van der Waals surface area contributed by atoms with Crippen LogP contribution in [0.2, 0.25) is 0 Å². The van der Waals surface area contributed by atoms with Crippen molar-refractivity contribution in [2.45, 2.75) is 34.6 Å². The van der Waals surface area contributed by atoms with Crippen molar-refractivity contribution in [2.75, 3.05) is 0 Å². The molecule has 1 aliphatic rings. The molecule has 0 aliphatic heterocycles. The summed E-state index contributed by atoms with van der Waals surface area (Å²) in [6, 6.07) is 51.4. The van der Waals surface area contributed by atoms with Crippen LogP contribution in [0.4, 0.5) is 0 Å². The normalized spacial score (nSPS) is 15.5. The Morgan fingerprint density at radius 1 is 0.476 bits per heavy atom. The summed E-state index contributed by atoms with van der Waals surface area (Å²) < 4.78 is 8.95. The quantitative estimate of drug-likeness (QED) is 0.246. The number of hydrogen-bond donors (Lipinski definition) is 0. The van der Waals surface area contributed by atoms with E-state index in [0.29, 0.717) is 8.19 Å². The van der Waals surface area contributed by atoms with E-state index in [1.54, 1.807) is 7.48 Å². The van der Waals surface area contributed by atoms with Gasteiger partial charge in [-0.3, -0.25) is 0 Å². The van der Waals surface area contributed by atoms with Crippen LogP contribution in [0.25, 0.3) is 0 Å². The van der Waals surface area contributed by atoms with Gasteiger partial charge in [0.05, 0.1) is 0 Å². The average molecular weight is 645 g/mol. The van der Waals surface area contributed by atoms with Crippen LogP contribution in [0.3, 0.4) is 0 Å². The Kier molecular flexibility index (Phi) is 8.60. The van der Waals surface area contributed by atoms with E-state index in [0.717, 1.165) is 0 Å². The first kappa shape index (κ1) is 32.4. The monoisotopic (exact) mass is 644 g/mol. The third-order valence-corrected chi connectivity index (χ3v) is 32.0. The van der Waals surface area contributed by atoms with Crippen molar-refractivity contribution in [1.29, 1.82) is 0 Å². The molecule has 5 aromatic rings. The van der Waals surface area contributed by atoms with E-state index >= 15 is 0 Å². The summed E-state index contributed by atoms with van der Waals surface area (Å²) in [4.78, 5) is 0. The summed E-state index contributed by atoms with van der Waals surface area (Å²) in [5, 5.41) is 0. The standard InChI is InChI=1S/C10H15.4C6H5.C4H4P.2ClH.Ti/c1-7-6-10(4,5)9(3)8(7)2;4*1-2-4-6-5-3-1;1-2-4-5-3-1;;;/h1-5H3;4*1-5H;1-3,5H;2*1H;/q;;;;;;;;+2/p-2. The maximum atomic E-state index is 2.50. The number of halogens is 2. The molecular weight excluding hydrogens is 606 g/mol. The Balaban J connectivity index is 0.00000202. The second-order valence-electron chi connectivity index (χ2n) is 12.3. The van der Waals surface area contributed by atoms with Crippen LogP contribution in [-0.2, 0) is 14.0 Å². The number of rotatable bonds is 6. The molecule has 1 aromatic heterocycles. The predicted octanol–water partition coefficient (Wildman–Crippen LogP) is 1.53. The van der Waals surface area contributed by atoms with Crippen molar-refractivity contribution < 1.29 is 38.8 Å². The first-order valence-electron chi connectivity index (χ1n) is 14.4. The zero-order valence-corrected chi connectivity index (χ0v) is 29.1. The van der Waals surface area contributed by atoms with E-state index in [2.05, 4.69) is 174 Å². The van der Waals surface area contributed by atoms with Gasteiger partial charge in [-0.05, 0) is 0 Å². The molecule has 0 radical (unpaired) electrons. The molecule has 1 atom stereocenters. The van der Waals surface area contributed by atoms with Gasteiger partial charge >= 0.3 is 241 Å². The van der Waals surface area contributed by atoms with Crippen LogP contribution < -0.4 is 43.9 Å². The molecule has 0 bridgehead atoms. The van der Waals surface area contributed by atoms with Gasteiger partial charge in [0.2, 0.25) is 0 Å². The maximum absolute atomic E-state index is 5.62. The Morgan fingerprint density at radius 2 is 0.833 bits per heavy atom. The Bertz CT molecular complexity index is 1580. The summed E-state index contributed by atoms with van der Waals surface area (Å²) in [5.74, 6) is 2.40. The van der Waals surface area contributed by atoms with Gasteiger partial charge in [0.1, 0.15) is 0 Å². The smallest absolute Gasteiger partial charge is 1.00 e. The molecule has 214 valence electrons. The zero-order chi connectivity index (χ0) is 28.1. The Labute approximate surface area is 264 Å². The fourth-order valence-electron chi connectivity index (χ4n) is 9.32. The van der Waals surface area contributed by atoms with Crippen LogP contribution in [0.1, 0.15) is 34.6 Å². The Hall–Kier alpha value is -2.57. The molecule has 42 heavy (non-hydrogen) atoms. The molecule has 0 amide bonds. The predicted molar refractivity (Wildman–Crippen MR) is 175 cm³/mol. The van der Waals surface area contributed by atoms with Crippen LogP contribution in [0, 0.1) is 5.41 Å². The van der Waals surface area contributed by atoms with Crippen LogP contribution in [0.5, 0.6) is 0 Å². The molecular formula is C38H39Cl2PTi. The fraction of sp³-hybridized carbons (Fsp3) is 0.158. The molecule has 1 unspecified atom stereocenters. The summed E-state index contributed by atoms with van der Waals surface area (Å²) in [5.41, 5.74) is 4.18. The molecule has 4 heteroatoms. The second kappa shape index (κ2) is 11.2. The van der Waals surface area contributed by atoms with E-state index in [1.165, 1.54) is 32.2 Å². The van der Waals surface area contributed by atoms with Crippen molar-refractivity contribution in [3.8, 4) is 0 Å². The molecule has 0 N–H and O–H groups in total. The van der Waals surface area contributed by atoms with Gasteiger partial charge in [-0.25, -0.2) is 0 Å². The summed E-state index contributed by atoms with van der Waals surface area (Å²) in [6.45, 7) is 12.1. The summed E-state index contributed by atoms with van der Waals surface area (Å²) in [7, 11) is 0.583. The van der Waals surface area contributed by atoms with Gasteiger partial charge < -0.3 is 24.8 Å². The van der Waals surface area contributed by atoms with Crippen molar-refractivity contribution in [3.63, 3.8) is 0 Å². The first-order valence-corrected chi connectivity index (χ1v) is 20.1. The molecule has 1 heterocycles. The number of hydrogen-bond acceptors (Lipinski definition) is 0. The molecule has 0 fully saturated rings. The van der Waals surface area contributed by atoms with E-state index < -0.39 is 14.0 Å². The molecule has 0 saturated heterocycles. The van der Waals surface area contributed by atoms with Crippen molar-refractivity contribution >= 4 is 27.3 Å². The topological polar surface area (TPSA) is 0 Å². The molecule has 0 spiro atoms. The van der Waals surface area contributed by atoms with E-state index in [9.17, 15) is 0 Å². The van der Waals surface area contributed by atoms with Gasteiger partial charge in [-0.2, -0.15) is 0 Å². The zero-order valence-electron chi connectivity index (χ0n) is 25.0. The second-order valence-corrected chi connectivity index (χ2v) is 25.3. The van der Waals surface area contributed by atoms with Crippen molar-refractivity contribution in [2.24, 2.45) is 5.41 Å². The summed E-state index contributed by atoms with van der Waals surface area (Å²) in [6.07, 6.45) is 0. The molecule has 0 saturated carbocycles. The number of benzene rings is 4. The third-order valence-electron chi connectivity index (χ3n) is 10.9. The minimum Gasteiger partial charge on any atom is -1.00 e. The van der Waals surface area contributed by atoms with Crippen LogP contribution in [-0.4, -0.2) is 0 Å². The molecule has 0 nitrogen and oxygen atoms in total. The van der Waals surface area contributed by atoms with Gasteiger partial charge in [0.25, 0.3) is 0 Å². The van der Waals surface area contributed by atoms with Gasteiger partial charge in [-0.1, -0.05) is 0 Å². The molecule has 1 aliphatic carbocycles.